The molecule has 0 bridgehead atoms. The van der Waals surface area contributed by atoms with Crippen molar-refractivity contribution >= 4 is 15.9 Å². The molecule has 0 spiro atoms. The molecule has 1 aliphatic rings. The molecule has 0 aliphatic carbocycles. The molecule has 1 atom stereocenters. The predicted molar refractivity (Wildman–Crippen MR) is 112 cm³/mol. The number of methoxy groups -OCH3 is 1. The summed E-state index contributed by atoms with van der Waals surface area (Å²) in [5.41, 5.74) is 1.80. The summed E-state index contributed by atoms with van der Waals surface area (Å²) in [7, 11) is -2.08. The van der Waals surface area contributed by atoms with Gasteiger partial charge in [-0.3, -0.25) is 4.79 Å². The Balaban J connectivity index is 1.63. The Morgan fingerprint density at radius 3 is 2.55 bits per heavy atom. The van der Waals surface area contributed by atoms with Gasteiger partial charge in [-0.05, 0) is 55.5 Å². The van der Waals surface area contributed by atoms with Crippen molar-refractivity contribution in [3.8, 4) is 0 Å². The van der Waals surface area contributed by atoms with Crippen molar-refractivity contribution in [1.82, 2.24) is 9.62 Å². The van der Waals surface area contributed by atoms with Crippen molar-refractivity contribution in [3.05, 3.63) is 65.7 Å². The Bertz CT molecular complexity index is 898. The lowest BCUT2D eigenvalue weighted by atomic mass is 10.0. The van der Waals surface area contributed by atoms with Crippen molar-refractivity contribution in [2.24, 2.45) is 0 Å². The lowest BCUT2D eigenvalue weighted by Crippen LogP contribution is -2.35. The predicted octanol–water partition coefficient (Wildman–Crippen LogP) is 2.85. The van der Waals surface area contributed by atoms with Crippen LogP contribution in [0.2, 0.25) is 0 Å². The van der Waals surface area contributed by atoms with Crippen molar-refractivity contribution in [2.45, 2.75) is 36.6 Å². The zero-order valence-corrected chi connectivity index (χ0v) is 17.5. The number of carbonyl (C=O) groups excluding carboxylic acids is 1. The van der Waals surface area contributed by atoms with Crippen LogP contribution in [0.5, 0.6) is 0 Å². The van der Waals surface area contributed by atoms with Crippen LogP contribution in [-0.2, 0) is 21.2 Å². The molecular weight excluding hydrogens is 388 g/mol. The van der Waals surface area contributed by atoms with Crippen molar-refractivity contribution in [1.29, 1.82) is 0 Å². The van der Waals surface area contributed by atoms with E-state index in [0.29, 0.717) is 12.2 Å². The molecule has 2 aromatic carbocycles. The van der Waals surface area contributed by atoms with Gasteiger partial charge < -0.3 is 9.64 Å². The number of hydrogen-bond donors (Lipinski definition) is 1. The number of benzene rings is 2. The largest absolute Gasteiger partial charge is 0.383 e. The fourth-order valence-electron chi connectivity index (χ4n) is 3.69. The van der Waals surface area contributed by atoms with E-state index in [1.54, 1.807) is 12.1 Å². The maximum Gasteiger partial charge on any atom is 0.254 e. The highest BCUT2D eigenvalue weighted by atomic mass is 32.2. The second-order valence-electron chi connectivity index (χ2n) is 7.23. The maximum atomic E-state index is 13.0. The molecule has 1 N–H and O–H groups in total. The van der Waals surface area contributed by atoms with Crippen LogP contribution in [0.25, 0.3) is 0 Å². The van der Waals surface area contributed by atoms with Crippen LogP contribution < -0.4 is 4.72 Å². The van der Waals surface area contributed by atoms with Gasteiger partial charge in [0.25, 0.3) is 5.91 Å². The topological polar surface area (TPSA) is 75.7 Å². The number of hydrogen-bond acceptors (Lipinski definition) is 4. The highest BCUT2D eigenvalue weighted by Gasteiger charge is 2.29. The maximum absolute atomic E-state index is 13.0. The van der Waals surface area contributed by atoms with E-state index in [9.17, 15) is 13.2 Å². The number of carbonyl (C=O) groups is 1. The quantitative estimate of drug-likeness (QED) is 0.638. The Morgan fingerprint density at radius 1 is 1.14 bits per heavy atom. The monoisotopic (exact) mass is 416 g/mol. The third-order valence-corrected chi connectivity index (χ3v) is 6.73. The van der Waals surface area contributed by atoms with Gasteiger partial charge in [-0.1, -0.05) is 30.3 Å². The molecule has 1 saturated heterocycles. The van der Waals surface area contributed by atoms with Crippen LogP contribution in [0.3, 0.4) is 0 Å². The van der Waals surface area contributed by atoms with Crippen molar-refractivity contribution in [2.75, 3.05) is 26.8 Å². The summed E-state index contributed by atoms with van der Waals surface area (Å²) in [6.07, 6.45) is 3.89. The first-order valence-corrected chi connectivity index (χ1v) is 11.4. The van der Waals surface area contributed by atoms with Gasteiger partial charge in [0.1, 0.15) is 0 Å². The Kier molecular flexibility index (Phi) is 7.41. The Morgan fingerprint density at radius 2 is 1.86 bits per heavy atom. The van der Waals surface area contributed by atoms with E-state index in [1.165, 1.54) is 24.8 Å². The minimum absolute atomic E-state index is 0.0307. The van der Waals surface area contributed by atoms with E-state index < -0.39 is 10.0 Å². The summed E-state index contributed by atoms with van der Waals surface area (Å²) in [4.78, 5) is 15.1. The number of rotatable bonds is 9. The van der Waals surface area contributed by atoms with Gasteiger partial charge in [0.15, 0.2) is 0 Å². The zero-order valence-electron chi connectivity index (χ0n) is 16.7. The molecule has 0 saturated carbocycles. The lowest BCUT2D eigenvalue weighted by molar-refractivity contribution is 0.0730. The van der Waals surface area contributed by atoms with Gasteiger partial charge in [-0.15, -0.1) is 0 Å². The van der Waals surface area contributed by atoms with Crippen LogP contribution in [-0.4, -0.2) is 52.1 Å². The first kappa shape index (κ1) is 21.5. The first-order chi connectivity index (χ1) is 14.0. The van der Waals surface area contributed by atoms with E-state index in [0.717, 1.165) is 32.2 Å². The summed E-state index contributed by atoms with van der Waals surface area (Å²) in [6, 6.07) is 16.7. The number of amides is 1. The zero-order chi connectivity index (χ0) is 20.7. The molecule has 1 amide bonds. The summed E-state index contributed by atoms with van der Waals surface area (Å²) in [5.74, 6) is -0.0307. The van der Waals surface area contributed by atoms with Gasteiger partial charge in [-0.2, -0.15) is 0 Å². The molecule has 1 fully saturated rings. The van der Waals surface area contributed by atoms with Crippen LogP contribution in [0.4, 0.5) is 0 Å². The van der Waals surface area contributed by atoms with E-state index in [4.69, 9.17) is 4.74 Å². The van der Waals surface area contributed by atoms with Crippen LogP contribution in [0, 0.1) is 0 Å². The molecule has 3 rings (SSSR count). The fourth-order valence-corrected chi connectivity index (χ4v) is 4.70. The molecule has 156 valence electrons. The SMILES string of the molecule is COCCNS(=O)(=O)c1ccc(C(=O)N2CCCC2CCc2ccccc2)cc1. The van der Waals surface area contributed by atoms with E-state index >= 15 is 0 Å². The number of nitrogens with zero attached hydrogens (tertiary/aromatic N) is 1. The molecular formula is C22H28N2O4S. The van der Waals surface area contributed by atoms with Gasteiger partial charge in [-0.25, -0.2) is 13.1 Å². The minimum atomic E-state index is -3.60. The van der Waals surface area contributed by atoms with Crippen LogP contribution in [0.15, 0.2) is 59.5 Å². The smallest absolute Gasteiger partial charge is 0.254 e. The van der Waals surface area contributed by atoms with Gasteiger partial charge in [0.2, 0.25) is 10.0 Å². The highest BCUT2D eigenvalue weighted by molar-refractivity contribution is 7.89. The normalized spacial score (nSPS) is 16.9. The summed E-state index contributed by atoms with van der Waals surface area (Å²) < 4.78 is 31.8. The van der Waals surface area contributed by atoms with Crippen molar-refractivity contribution in [3.63, 3.8) is 0 Å². The van der Waals surface area contributed by atoms with E-state index in [-0.39, 0.29) is 23.4 Å². The van der Waals surface area contributed by atoms with E-state index in [1.807, 2.05) is 23.1 Å². The number of sulfonamides is 1. The molecule has 1 aliphatic heterocycles. The van der Waals surface area contributed by atoms with Crippen molar-refractivity contribution < 1.29 is 17.9 Å². The first-order valence-electron chi connectivity index (χ1n) is 9.95. The van der Waals surface area contributed by atoms with Gasteiger partial charge in [0, 0.05) is 31.8 Å². The summed E-state index contributed by atoms with van der Waals surface area (Å²) in [6.45, 7) is 1.25. The average Bonchev–Trinajstić information content (AvgIpc) is 3.21. The molecule has 0 radical (unpaired) electrons. The number of nitrogens with one attached hydrogen (secondary N) is 1. The lowest BCUT2D eigenvalue weighted by Gasteiger charge is -2.25. The number of likely N-dealkylation sites (tertiary alicyclic amines) is 1. The number of ether oxygens (including phenoxy) is 1. The molecule has 29 heavy (non-hydrogen) atoms. The van der Waals surface area contributed by atoms with Crippen LogP contribution >= 0.6 is 0 Å². The molecule has 1 heterocycles. The Hall–Kier alpha value is -2.22. The fraction of sp³-hybridized carbons (Fsp3) is 0.409. The van der Waals surface area contributed by atoms with Gasteiger partial charge in [0.05, 0.1) is 11.5 Å². The molecule has 1 unspecified atom stereocenters. The van der Waals surface area contributed by atoms with Gasteiger partial charge >= 0.3 is 0 Å². The summed E-state index contributed by atoms with van der Waals surface area (Å²) in [5, 5.41) is 0. The summed E-state index contributed by atoms with van der Waals surface area (Å²) >= 11 is 0. The second-order valence-corrected chi connectivity index (χ2v) is 9.00. The average molecular weight is 417 g/mol. The molecule has 7 heteroatoms. The highest BCUT2D eigenvalue weighted by Crippen LogP contribution is 2.24. The molecule has 6 nitrogen and oxygen atoms in total. The van der Waals surface area contributed by atoms with Crippen LogP contribution in [0.1, 0.15) is 35.2 Å². The third-order valence-electron chi connectivity index (χ3n) is 5.26. The molecule has 0 aromatic heterocycles. The second kappa shape index (κ2) is 10.0. The Labute approximate surface area is 172 Å². The standard InChI is InChI=1S/C22H28N2O4S/c1-28-17-15-23-29(26,27)21-13-10-19(11-14-21)22(25)24-16-5-8-20(24)12-9-18-6-3-2-4-7-18/h2-4,6-7,10-11,13-14,20,23H,5,8-9,12,15-17H2,1H3. The van der Waals surface area contributed by atoms with E-state index in [2.05, 4.69) is 16.9 Å². The number of aryl methyl sites for hydroxylation is 1. The third kappa shape index (κ3) is 5.65. The molecule has 2 aromatic rings. The minimum Gasteiger partial charge on any atom is -0.383 e.